The second-order valence-corrected chi connectivity index (χ2v) is 6.65. The number of methoxy groups -OCH3 is 1. The lowest BCUT2D eigenvalue weighted by atomic mass is 10.1. The zero-order valence-corrected chi connectivity index (χ0v) is 15.8. The Morgan fingerprint density at radius 3 is 2.62 bits per heavy atom. The van der Waals surface area contributed by atoms with Crippen molar-refractivity contribution in [3.63, 3.8) is 0 Å². The summed E-state index contributed by atoms with van der Waals surface area (Å²) in [5.74, 6) is -0.0861. The van der Waals surface area contributed by atoms with Gasteiger partial charge in [0, 0.05) is 12.1 Å². The number of amides is 2. The van der Waals surface area contributed by atoms with E-state index < -0.39 is 5.91 Å². The SMILES string of the molecule is COc1cc(C(=O)NCC(c2ccsc2)N(C)C)ccc1OCC(N)=O. The van der Waals surface area contributed by atoms with Gasteiger partial charge in [0.25, 0.3) is 11.8 Å². The summed E-state index contributed by atoms with van der Waals surface area (Å²) in [6, 6.07) is 6.91. The number of thiophene rings is 1. The van der Waals surface area contributed by atoms with Crippen molar-refractivity contribution < 1.29 is 19.1 Å². The summed E-state index contributed by atoms with van der Waals surface area (Å²) >= 11 is 1.63. The number of hydrogen-bond donors (Lipinski definition) is 2. The van der Waals surface area contributed by atoms with Crippen molar-refractivity contribution in [2.24, 2.45) is 5.73 Å². The standard InChI is InChI=1S/C18H23N3O4S/c1-21(2)14(13-6-7-26-11-13)9-20-18(23)12-4-5-15(16(8-12)24-3)25-10-17(19)22/h4-8,11,14H,9-10H2,1-3H3,(H2,19,22)(H,20,23). The summed E-state index contributed by atoms with van der Waals surface area (Å²) in [7, 11) is 5.41. The zero-order valence-electron chi connectivity index (χ0n) is 15.0. The average Bonchev–Trinajstić information content (AvgIpc) is 3.13. The highest BCUT2D eigenvalue weighted by Crippen LogP contribution is 2.28. The van der Waals surface area contributed by atoms with Crippen LogP contribution >= 0.6 is 11.3 Å². The Balaban J connectivity index is 2.05. The monoisotopic (exact) mass is 377 g/mol. The summed E-state index contributed by atoms with van der Waals surface area (Å²) in [6.07, 6.45) is 0. The molecule has 2 rings (SSSR count). The highest BCUT2D eigenvalue weighted by molar-refractivity contribution is 7.07. The molecule has 0 aliphatic carbocycles. The predicted octanol–water partition coefficient (Wildman–Crippen LogP) is 1.65. The molecule has 1 aromatic heterocycles. The van der Waals surface area contributed by atoms with Crippen LogP contribution < -0.4 is 20.5 Å². The first-order valence-corrected chi connectivity index (χ1v) is 8.92. The van der Waals surface area contributed by atoms with E-state index in [4.69, 9.17) is 15.2 Å². The van der Waals surface area contributed by atoms with Gasteiger partial charge in [-0.2, -0.15) is 11.3 Å². The molecule has 2 aromatic rings. The molecule has 2 amide bonds. The van der Waals surface area contributed by atoms with Crippen LogP contribution in [0.1, 0.15) is 22.0 Å². The number of carbonyl (C=O) groups excluding carboxylic acids is 2. The van der Waals surface area contributed by atoms with E-state index in [-0.39, 0.29) is 18.6 Å². The normalized spacial score (nSPS) is 11.8. The Morgan fingerprint density at radius 1 is 1.27 bits per heavy atom. The van der Waals surface area contributed by atoms with Gasteiger partial charge < -0.3 is 25.4 Å². The molecule has 0 spiro atoms. The van der Waals surface area contributed by atoms with Crippen LogP contribution in [0.3, 0.4) is 0 Å². The maximum absolute atomic E-state index is 12.5. The fourth-order valence-corrected chi connectivity index (χ4v) is 3.14. The second-order valence-electron chi connectivity index (χ2n) is 5.87. The van der Waals surface area contributed by atoms with Gasteiger partial charge in [0.2, 0.25) is 0 Å². The van der Waals surface area contributed by atoms with E-state index in [0.29, 0.717) is 23.6 Å². The molecule has 1 heterocycles. The van der Waals surface area contributed by atoms with Crippen LogP contribution in [-0.2, 0) is 4.79 Å². The molecule has 3 N–H and O–H groups in total. The topological polar surface area (TPSA) is 93.9 Å². The maximum Gasteiger partial charge on any atom is 0.255 e. The van der Waals surface area contributed by atoms with Gasteiger partial charge in [0.05, 0.1) is 13.2 Å². The molecule has 0 radical (unpaired) electrons. The van der Waals surface area contributed by atoms with E-state index >= 15 is 0 Å². The van der Waals surface area contributed by atoms with E-state index in [1.807, 2.05) is 19.5 Å². The van der Waals surface area contributed by atoms with Gasteiger partial charge in [0.15, 0.2) is 18.1 Å². The third-order valence-corrected chi connectivity index (χ3v) is 4.50. The molecule has 0 saturated heterocycles. The van der Waals surface area contributed by atoms with Crippen LogP contribution in [-0.4, -0.2) is 51.1 Å². The molecule has 7 nitrogen and oxygen atoms in total. The maximum atomic E-state index is 12.5. The van der Waals surface area contributed by atoms with Crippen molar-refractivity contribution in [2.75, 3.05) is 34.4 Å². The first-order valence-electron chi connectivity index (χ1n) is 7.98. The van der Waals surface area contributed by atoms with E-state index in [0.717, 1.165) is 5.56 Å². The lowest BCUT2D eigenvalue weighted by molar-refractivity contribution is -0.119. The quantitative estimate of drug-likeness (QED) is 0.693. The van der Waals surface area contributed by atoms with E-state index in [2.05, 4.69) is 21.7 Å². The summed E-state index contributed by atoms with van der Waals surface area (Å²) in [6.45, 7) is 0.220. The number of hydrogen-bond acceptors (Lipinski definition) is 6. The highest BCUT2D eigenvalue weighted by Gasteiger charge is 2.17. The number of nitrogens with two attached hydrogens (primary N) is 1. The Labute approximate surface area is 156 Å². The Kier molecular flexibility index (Phi) is 6.99. The highest BCUT2D eigenvalue weighted by atomic mass is 32.1. The minimum atomic E-state index is -0.586. The Bertz CT molecular complexity index is 747. The van der Waals surface area contributed by atoms with Gasteiger partial charge in [-0.3, -0.25) is 9.59 Å². The third kappa shape index (κ3) is 5.21. The molecule has 0 aliphatic heterocycles. The molecule has 140 valence electrons. The number of carbonyl (C=O) groups is 2. The molecule has 1 unspecified atom stereocenters. The van der Waals surface area contributed by atoms with Gasteiger partial charge >= 0.3 is 0 Å². The van der Waals surface area contributed by atoms with Crippen molar-refractivity contribution in [3.05, 3.63) is 46.2 Å². The fraction of sp³-hybridized carbons (Fsp3) is 0.333. The van der Waals surface area contributed by atoms with Gasteiger partial charge in [-0.25, -0.2) is 0 Å². The van der Waals surface area contributed by atoms with Crippen molar-refractivity contribution in [1.29, 1.82) is 0 Å². The van der Waals surface area contributed by atoms with E-state index in [9.17, 15) is 9.59 Å². The molecule has 0 saturated carbocycles. The number of rotatable bonds is 9. The van der Waals surface area contributed by atoms with Crippen LogP contribution in [0.5, 0.6) is 11.5 Å². The molecular weight excluding hydrogens is 354 g/mol. The molecule has 0 aliphatic rings. The van der Waals surface area contributed by atoms with E-state index in [1.165, 1.54) is 7.11 Å². The molecule has 0 fully saturated rings. The van der Waals surface area contributed by atoms with Gasteiger partial charge in [-0.1, -0.05) is 0 Å². The minimum Gasteiger partial charge on any atom is -0.493 e. The zero-order chi connectivity index (χ0) is 19.1. The number of primary amides is 1. The molecule has 1 aromatic carbocycles. The summed E-state index contributed by atoms with van der Waals surface area (Å²) in [4.78, 5) is 25.4. The molecule has 0 bridgehead atoms. The van der Waals surface area contributed by atoms with Crippen LogP contribution in [0.25, 0.3) is 0 Å². The largest absolute Gasteiger partial charge is 0.493 e. The number of likely N-dealkylation sites (N-methyl/N-ethyl adjacent to an activating group) is 1. The molecule has 8 heteroatoms. The number of benzene rings is 1. The van der Waals surface area contributed by atoms with Crippen LogP contribution in [0.2, 0.25) is 0 Å². The second kappa shape index (κ2) is 9.21. The molecule has 1 atom stereocenters. The summed E-state index contributed by atoms with van der Waals surface area (Å²) < 4.78 is 10.5. The predicted molar refractivity (Wildman–Crippen MR) is 101 cm³/mol. The number of nitrogens with one attached hydrogen (secondary N) is 1. The van der Waals surface area contributed by atoms with Gasteiger partial charge in [0.1, 0.15) is 0 Å². The van der Waals surface area contributed by atoms with Gasteiger partial charge in [-0.15, -0.1) is 0 Å². The Hall–Kier alpha value is -2.58. The minimum absolute atomic E-state index is 0.0882. The van der Waals surface area contributed by atoms with E-state index in [1.54, 1.807) is 29.5 Å². The first-order chi connectivity index (χ1) is 12.4. The fourth-order valence-electron chi connectivity index (χ4n) is 2.43. The lowest BCUT2D eigenvalue weighted by Crippen LogP contribution is -2.34. The van der Waals surface area contributed by atoms with Crippen LogP contribution in [0, 0.1) is 0 Å². The van der Waals surface area contributed by atoms with Crippen LogP contribution in [0.4, 0.5) is 0 Å². The summed E-state index contributed by atoms with van der Waals surface area (Å²) in [5, 5.41) is 7.03. The lowest BCUT2D eigenvalue weighted by Gasteiger charge is -2.24. The number of ether oxygens (including phenoxy) is 2. The Morgan fingerprint density at radius 2 is 2.04 bits per heavy atom. The average molecular weight is 377 g/mol. The molecular formula is C18H23N3O4S. The van der Waals surface area contributed by atoms with Gasteiger partial charge in [-0.05, 0) is 54.7 Å². The first kappa shape index (κ1) is 19.7. The van der Waals surface area contributed by atoms with Crippen molar-refractivity contribution in [3.8, 4) is 11.5 Å². The summed E-state index contributed by atoms with van der Waals surface area (Å²) in [5.41, 5.74) is 6.67. The van der Waals surface area contributed by atoms with Crippen molar-refractivity contribution in [2.45, 2.75) is 6.04 Å². The van der Waals surface area contributed by atoms with Crippen molar-refractivity contribution >= 4 is 23.2 Å². The smallest absolute Gasteiger partial charge is 0.255 e. The van der Waals surface area contributed by atoms with Crippen LogP contribution in [0.15, 0.2) is 35.0 Å². The van der Waals surface area contributed by atoms with Crippen molar-refractivity contribution in [1.82, 2.24) is 10.2 Å². The third-order valence-electron chi connectivity index (χ3n) is 3.80. The molecule has 26 heavy (non-hydrogen) atoms. The number of nitrogens with zero attached hydrogens (tertiary/aromatic N) is 1.